The van der Waals surface area contributed by atoms with Gasteiger partial charge in [0.15, 0.2) is 5.82 Å². The van der Waals surface area contributed by atoms with Gasteiger partial charge in [0, 0.05) is 12.4 Å². The number of piperidine rings is 1. The second kappa shape index (κ2) is 8.49. The third kappa shape index (κ3) is 3.63. The van der Waals surface area contributed by atoms with E-state index in [2.05, 4.69) is 31.3 Å². The van der Waals surface area contributed by atoms with Gasteiger partial charge in [-0.1, -0.05) is 18.2 Å². The molecule has 1 unspecified atom stereocenters. The number of benzene rings is 1. The van der Waals surface area contributed by atoms with E-state index in [-0.39, 0.29) is 24.4 Å². The van der Waals surface area contributed by atoms with E-state index in [9.17, 15) is 4.79 Å². The molecule has 4 rings (SSSR count). The Kier molecular flexibility index (Phi) is 6.05. The number of halogens is 1. The molecule has 1 aliphatic heterocycles. The number of carbonyl (C=O) groups is 1. The lowest BCUT2D eigenvalue weighted by molar-refractivity contribution is -0.132. The summed E-state index contributed by atoms with van der Waals surface area (Å²) in [5.41, 5.74) is 0.149. The summed E-state index contributed by atoms with van der Waals surface area (Å²) in [6, 6.07) is 11.1. The highest BCUT2D eigenvalue weighted by Crippen LogP contribution is 2.28. The van der Waals surface area contributed by atoms with Crippen LogP contribution in [0.4, 0.5) is 0 Å². The first-order chi connectivity index (χ1) is 13.2. The number of tetrazole rings is 1. The van der Waals surface area contributed by atoms with Crippen molar-refractivity contribution in [3.05, 3.63) is 54.6 Å². The van der Waals surface area contributed by atoms with Crippen LogP contribution in [0.2, 0.25) is 0 Å². The summed E-state index contributed by atoms with van der Waals surface area (Å²) in [6.07, 6.45) is 4.91. The first kappa shape index (κ1) is 20.0. The molecule has 1 atom stereocenters. The average molecular weight is 403 g/mol. The maximum atomic E-state index is 13.3. The molecule has 0 bridgehead atoms. The van der Waals surface area contributed by atoms with Gasteiger partial charge in [-0.25, -0.2) is 0 Å². The molecule has 0 spiro atoms. The van der Waals surface area contributed by atoms with Gasteiger partial charge in [-0.2, -0.15) is 9.78 Å². The first-order valence-electron chi connectivity index (χ1n) is 9.06. The maximum absolute atomic E-state index is 13.3. The molecule has 1 aliphatic rings. The Labute approximate surface area is 168 Å². The fraction of sp³-hybridized carbons (Fsp3) is 0.389. The molecule has 148 valence electrons. The van der Waals surface area contributed by atoms with Crippen molar-refractivity contribution in [3.63, 3.8) is 0 Å². The number of rotatable bonds is 5. The highest BCUT2D eigenvalue weighted by Gasteiger charge is 2.42. The molecule has 2 N–H and O–H groups in total. The standard InChI is InChI=1S/C18H22N8O.ClH/c1-14(16-22-23-24-26(16)15-6-3-2-4-7-15)21-17(27)18(8-11-19-12-9-18)25-13-5-10-20-25;/h2-7,10,13-14,19H,8-9,11-12H2,1H3,(H,21,27);1H. The monoisotopic (exact) mass is 402 g/mol. The summed E-state index contributed by atoms with van der Waals surface area (Å²) < 4.78 is 3.42. The summed E-state index contributed by atoms with van der Waals surface area (Å²) in [6.45, 7) is 3.42. The van der Waals surface area contributed by atoms with Crippen molar-refractivity contribution in [1.82, 2.24) is 40.6 Å². The minimum absolute atomic E-state index is 0. The van der Waals surface area contributed by atoms with Crippen LogP contribution >= 0.6 is 12.4 Å². The van der Waals surface area contributed by atoms with Crippen molar-refractivity contribution in [3.8, 4) is 5.69 Å². The van der Waals surface area contributed by atoms with E-state index in [4.69, 9.17) is 0 Å². The minimum Gasteiger partial charge on any atom is -0.344 e. The molecule has 1 aromatic carbocycles. The van der Waals surface area contributed by atoms with E-state index in [1.807, 2.05) is 49.5 Å². The molecule has 1 amide bonds. The zero-order valence-corrected chi connectivity index (χ0v) is 16.3. The van der Waals surface area contributed by atoms with E-state index < -0.39 is 5.54 Å². The van der Waals surface area contributed by atoms with Crippen molar-refractivity contribution in [2.75, 3.05) is 13.1 Å². The number of nitrogens with zero attached hydrogens (tertiary/aromatic N) is 6. The van der Waals surface area contributed by atoms with Gasteiger partial charge < -0.3 is 10.6 Å². The van der Waals surface area contributed by atoms with Crippen molar-refractivity contribution in [1.29, 1.82) is 0 Å². The Bertz CT molecular complexity index is 889. The molecule has 1 fully saturated rings. The van der Waals surface area contributed by atoms with Gasteiger partial charge in [0.2, 0.25) is 5.91 Å². The van der Waals surface area contributed by atoms with E-state index in [0.29, 0.717) is 18.7 Å². The number of para-hydroxylation sites is 1. The molecule has 28 heavy (non-hydrogen) atoms. The van der Waals surface area contributed by atoms with Gasteiger partial charge >= 0.3 is 0 Å². The van der Waals surface area contributed by atoms with Crippen LogP contribution in [0.1, 0.15) is 31.6 Å². The van der Waals surface area contributed by atoms with Crippen molar-refractivity contribution in [2.45, 2.75) is 31.3 Å². The predicted octanol–water partition coefficient (Wildman–Crippen LogP) is 1.24. The summed E-state index contributed by atoms with van der Waals surface area (Å²) >= 11 is 0. The Balaban J connectivity index is 0.00000225. The van der Waals surface area contributed by atoms with Crippen LogP contribution in [0.3, 0.4) is 0 Å². The topological polar surface area (TPSA) is 103 Å². The van der Waals surface area contributed by atoms with Crippen molar-refractivity contribution >= 4 is 18.3 Å². The molecule has 1 saturated heterocycles. The van der Waals surface area contributed by atoms with Gasteiger partial charge in [-0.05, 0) is 61.5 Å². The number of aromatic nitrogens is 6. The Morgan fingerprint density at radius 2 is 1.96 bits per heavy atom. The fourth-order valence-corrected chi connectivity index (χ4v) is 3.54. The average Bonchev–Trinajstić information content (AvgIpc) is 3.41. The van der Waals surface area contributed by atoms with Crippen LogP contribution in [0.5, 0.6) is 0 Å². The molecule has 3 aromatic rings. The Morgan fingerprint density at radius 1 is 1.21 bits per heavy atom. The fourth-order valence-electron chi connectivity index (χ4n) is 3.54. The van der Waals surface area contributed by atoms with Gasteiger partial charge in [-0.15, -0.1) is 17.5 Å². The molecule has 0 radical (unpaired) electrons. The zero-order valence-electron chi connectivity index (χ0n) is 15.5. The number of carbonyl (C=O) groups excluding carboxylic acids is 1. The van der Waals surface area contributed by atoms with Crippen LogP contribution in [-0.4, -0.2) is 49.0 Å². The van der Waals surface area contributed by atoms with Gasteiger partial charge in [-0.3, -0.25) is 9.48 Å². The lowest BCUT2D eigenvalue weighted by Gasteiger charge is -2.37. The van der Waals surface area contributed by atoms with Gasteiger partial charge in [0.1, 0.15) is 5.54 Å². The van der Waals surface area contributed by atoms with Gasteiger partial charge in [0.05, 0.1) is 11.7 Å². The van der Waals surface area contributed by atoms with Gasteiger partial charge in [0.25, 0.3) is 0 Å². The van der Waals surface area contributed by atoms with Crippen LogP contribution < -0.4 is 10.6 Å². The summed E-state index contributed by atoms with van der Waals surface area (Å²) in [5.74, 6) is 0.516. The van der Waals surface area contributed by atoms with E-state index >= 15 is 0 Å². The number of amides is 1. The smallest absolute Gasteiger partial charge is 0.248 e. The zero-order chi connectivity index (χ0) is 18.7. The second-order valence-electron chi connectivity index (χ2n) is 6.71. The molecule has 2 aromatic heterocycles. The minimum atomic E-state index is -0.700. The van der Waals surface area contributed by atoms with Crippen LogP contribution in [0.25, 0.3) is 5.69 Å². The highest BCUT2D eigenvalue weighted by atomic mass is 35.5. The van der Waals surface area contributed by atoms with Crippen LogP contribution in [0, 0.1) is 0 Å². The van der Waals surface area contributed by atoms with Crippen LogP contribution in [-0.2, 0) is 10.3 Å². The molecule has 9 nitrogen and oxygen atoms in total. The van der Waals surface area contributed by atoms with Crippen molar-refractivity contribution < 1.29 is 4.79 Å². The quantitative estimate of drug-likeness (QED) is 0.665. The number of nitrogens with one attached hydrogen (secondary N) is 2. The van der Waals surface area contributed by atoms with Crippen molar-refractivity contribution in [2.24, 2.45) is 0 Å². The molecule has 0 saturated carbocycles. The summed E-state index contributed by atoms with van der Waals surface area (Å²) in [7, 11) is 0. The first-order valence-corrected chi connectivity index (χ1v) is 9.06. The molecule has 3 heterocycles. The Hall–Kier alpha value is -2.78. The Morgan fingerprint density at radius 3 is 2.64 bits per heavy atom. The van der Waals surface area contributed by atoms with Crippen LogP contribution in [0.15, 0.2) is 48.8 Å². The second-order valence-corrected chi connectivity index (χ2v) is 6.71. The van der Waals surface area contributed by atoms with E-state index in [0.717, 1.165) is 18.8 Å². The molecular weight excluding hydrogens is 380 g/mol. The summed E-state index contributed by atoms with van der Waals surface area (Å²) in [4.78, 5) is 13.3. The van der Waals surface area contributed by atoms with E-state index in [1.165, 1.54) is 0 Å². The normalized spacial score (nSPS) is 16.8. The highest BCUT2D eigenvalue weighted by molar-refractivity contribution is 5.85. The molecule has 0 aliphatic carbocycles. The SMILES string of the molecule is CC(NC(=O)C1(n2cccn2)CCNCC1)c1nnnn1-c1ccccc1.Cl. The molecule has 10 heteroatoms. The number of hydrogen-bond acceptors (Lipinski definition) is 6. The van der Waals surface area contributed by atoms with E-state index in [1.54, 1.807) is 15.6 Å². The largest absolute Gasteiger partial charge is 0.344 e. The predicted molar refractivity (Wildman–Crippen MR) is 105 cm³/mol. The molecular formula is C18H23ClN8O. The number of hydrogen-bond donors (Lipinski definition) is 2. The maximum Gasteiger partial charge on any atom is 0.248 e. The summed E-state index contributed by atoms with van der Waals surface area (Å²) in [5, 5.41) is 22.8. The lowest BCUT2D eigenvalue weighted by Crippen LogP contribution is -2.55. The third-order valence-electron chi connectivity index (χ3n) is 5.03. The lowest BCUT2D eigenvalue weighted by atomic mass is 9.87. The third-order valence-corrected chi connectivity index (χ3v) is 5.03.